The van der Waals surface area contributed by atoms with E-state index in [0.717, 1.165) is 25.0 Å². The van der Waals surface area contributed by atoms with E-state index < -0.39 is 17.7 Å². The van der Waals surface area contributed by atoms with Crippen LogP contribution in [0.3, 0.4) is 0 Å². The first-order valence-electron chi connectivity index (χ1n) is 7.80. The maximum absolute atomic E-state index is 12.6. The van der Waals surface area contributed by atoms with Crippen LogP contribution in [-0.4, -0.2) is 35.6 Å². The number of nitrogens with zero attached hydrogens (tertiary/aromatic N) is 2. The van der Waals surface area contributed by atoms with Crippen LogP contribution in [0, 0.1) is 5.92 Å². The van der Waals surface area contributed by atoms with Crippen molar-refractivity contribution in [3.63, 3.8) is 0 Å². The molecule has 134 valence electrons. The molecule has 1 atom stereocenters. The molecule has 1 heterocycles. The van der Waals surface area contributed by atoms with Gasteiger partial charge in [0.15, 0.2) is 0 Å². The molecule has 3 rings (SSSR count). The molecule has 1 aromatic carbocycles. The number of carbonyl (C=O) groups is 1. The molecule has 1 fully saturated rings. The lowest BCUT2D eigenvalue weighted by molar-refractivity contribution is -0.137. The van der Waals surface area contributed by atoms with Crippen LogP contribution in [0.15, 0.2) is 36.7 Å². The molecule has 1 aliphatic rings. The number of carbonyl (C=O) groups excluding carboxylic acids is 1. The number of benzene rings is 1. The van der Waals surface area contributed by atoms with E-state index in [-0.39, 0.29) is 18.3 Å². The number of rotatable bonds is 6. The molecule has 1 aliphatic carbocycles. The monoisotopic (exact) mass is 354 g/mol. The van der Waals surface area contributed by atoms with Gasteiger partial charge in [-0.25, -0.2) is 9.48 Å². The summed E-state index contributed by atoms with van der Waals surface area (Å²) in [6.07, 6.45) is 0.387. The maximum Gasteiger partial charge on any atom is 0.416 e. The molecule has 0 saturated heterocycles. The molecule has 0 N–H and O–H groups in total. The van der Waals surface area contributed by atoms with Crippen molar-refractivity contribution in [1.82, 2.24) is 9.78 Å². The minimum Gasteiger partial charge on any atom is -0.459 e. The average molecular weight is 354 g/mol. The van der Waals surface area contributed by atoms with Gasteiger partial charge in [0.1, 0.15) is 6.61 Å². The lowest BCUT2D eigenvalue weighted by atomic mass is 10.2. The third-order valence-electron chi connectivity index (χ3n) is 4.11. The molecule has 0 spiro atoms. The summed E-state index contributed by atoms with van der Waals surface area (Å²) in [5.41, 5.74) is -0.0981. The lowest BCUT2D eigenvalue weighted by Crippen LogP contribution is -2.22. The van der Waals surface area contributed by atoms with Gasteiger partial charge in [-0.05, 0) is 43.0 Å². The Morgan fingerprint density at radius 3 is 2.56 bits per heavy atom. The number of esters is 1. The predicted molar refractivity (Wildman–Crippen MR) is 82.4 cm³/mol. The van der Waals surface area contributed by atoms with Gasteiger partial charge in [-0.15, -0.1) is 0 Å². The first kappa shape index (κ1) is 17.5. The van der Waals surface area contributed by atoms with Gasteiger partial charge in [-0.1, -0.05) is 0 Å². The Labute approximate surface area is 142 Å². The first-order valence-corrected chi connectivity index (χ1v) is 7.80. The largest absolute Gasteiger partial charge is 0.459 e. The van der Waals surface area contributed by atoms with E-state index in [9.17, 15) is 18.0 Å². The SMILES string of the molecule is COC(COC(=O)c1cnn(-c2ccc(C(F)(F)F)cc2)c1)C1CC1. The highest BCUT2D eigenvalue weighted by Crippen LogP contribution is 2.34. The molecule has 0 amide bonds. The van der Waals surface area contributed by atoms with E-state index >= 15 is 0 Å². The van der Waals surface area contributed by atoms with Gasteiger partial charge in [0.2, 0.25) is 0 Å². The van der Waals surface area contributed by atoms with E-state index in [1.807, 2.05) is 0 Å². The van der Waals surface area contributed by atoms with Crippen molar-refractivity contribution < 1.29 is 27.4 Å². The highest BCUT2D eigenvalue weighted by Gasteiger charge is 2.32. The normalized spacial score (nSPS) is 15.8. The molecule has 0 aliphatic heterocycles. The van der Waals surface area contributed by atoms with Gasteiger partial charge in [-0.3, -0.25) is 0 Å². The van der Waals surface area contributed by atoms with E-state index in [1.54, 1.807) is 7.11 Å². The van der Waals surface area contributed by atoms with Crippen LogP contribution >= 0.6 is 0 Å². The standard InChI is InChI=1S/C17H17F3N2O3/c1-24-15(11-2-3-11)10-25-16(23)12-8-21-22(9-12)14-6-4-13(5-7-14)17(18,19)20/h4-9,11,15H,2-3,10H2,1H3. The molecular weight excluding hydrogens is 337 g/mol. The molecule has 8 heteroatoms. The summed E-state index contributed by atoms with van der Waals surface area (Å²) >= 11 is 0. The van der Waals surface area contributed by atoms with Crippen molar-refractivity contribution in [3.8, 4) is 5.69 Å². The Morgan fingerprint density at radius 1 is 1.32 bits per heavy atom. The van der Waals surface area contributed by atoms with E-state index in [2.05, 4.69) is 5.10 Å². The van der Waals surface area contributed by atoms with Crippen molar-refractivity contribution in [3.05, 3.63) is 47.8 Å². The van der Waals surface area contributed by atoms with Gasteiger partial charge in [-0.2, -0.15) is 18.3 Å². The summed E-state index contributed by atoms with van der Waals surface area (Å²) in [6.45, 7) is 0.172. The third-order valence-corrected chi connectivity index (χ3v) is 4.11. The fourth-order valence-corrected chi connectivity index (χ4v) is 2.48. The number of hydrogen-bond donors (Lipinski definition) is 0. The second kappa shape index (κ2) is 6.87. The maximum atomic E-state index is 12.6. The smallest absolute Gasteiger partial charge is 0.416 e. The molecule has 0 bridgehead atoms. The van der Waals surface area contributed by atoms with Gasteiger partial charge >= 0.3 is 12.1 Å². The highest BCUT2D eigenvalue weighted by atomic mass is 19.4. The fraction of sp³-hybridized carbons (Fsp3) is 0.412. The minimum atomic E-state index is -4.39. The number of ether oxygens (including phenoxy) is 2. The van der Waals surface area contributed by atoms with Gasteiger partial charge < -0.3 is 9.47 Å². The fourth-order valence-electron chi connectivity index (χ4n) is 2.48. The van der Waals surface area contributed by atoms with Crippen LogP contribution in [0.4, 0.5) is 13.2 Å². The molecule has 2 aromatic rings. The summed E-state index contributed by atoms with van der Waals surface area (Å²) < 4.78 is 49.6. The summed E-state index contributed by atoms with van der Waals surface area (Å²) in [7, 11) is 1.58. The predicted octanol–water partition coefficient (Wildman–Crippen LogP) is 3.47. The van der Waals surface area contributed by atoms with Crippen molar-refractivity contribution in [2.45, 2.75) is 25.1 Å². The van der Waals surface area contributed by atoms with Crippen molar-refractivity contribution in [2.24, 2.45) is 5.92 Å². The zero-order valence-electron chi connectivity index (χ0n) is 13.5. The quantitative estimate of drug-likeness (QED) is 0.746. The molecular formula is C17H17F3N2O3. The minimum absolute atomic E-state index is 0.103. The summed E-state index contributed by atoms with van der Waals surface area (Å²) in [6, 6.07) is 4.51. The number of aromatic nitrogens is 2. The van der Waals surface area contributed by atoms with E-state index in [4.69, 9.17) is 9.47 Å². The van der Waals surface area contributed by atoms with Gasteiger partial charge in [0.05, 0.1) is 29.1 Å². The number of alkyl halides is 3. The number of hydrogen-bond acceptors (Lipinski definition) is 4. The van der Waals surface area contributed by atoms with Crippen molar-refractivity contribution >= 4 is 5.97 Å². The van der Waals surface area contributed by atoms with E-state index in [1.165, 1.54) is 29.2 Å². The van der Waals surface area contributed by atoms with Crippen LogP contribution in [-0.2, 0) is 15.7 Å². The molecule has 1 aromatic heterocycles. The van der Waals surface area contributed by atoms with Crippen molar-refractivity contribution in [2.75, 3.05) is 13.7 Å². The van der Waals surface area contributed by atoms with E-state index in [0.29, 0.717) is 11.6 Å². The van der Waals surface area contributed by atoms with Crippen LogP contribution in [0.2, 0.25) is 0 Å². The van der Waals surface area contributed by atoms with Crippen LogP contribution < -0.4 is 0 Å². The third kappa shape index (κ3) is 4.19. The molecule has 5 nitrogen and oxygen atoms in total. The Morgan fingerprint density at radius 2 is 2.00 bits per heavy atom. The van der Waals surface area contributed by atoms with Crippen LogP contribution in [0.5, 0.6) is 0 Å². The zero-order valence-corrected chi connectivity index (χ0v) is 13.5. The first-order chi connectivity index (χ1) is 11.9. The number of halogens is 3. The second-order valence-corrected chi connectivity index (χ2v) is 5.93. The lowest BCUT2D eigenvalue weighted by Gasteiger charge is -2.13. The topological polar surface area (TPSA) is 53.4 Å². The average Bonchev–Trinajstić information content (AvgIpc) is 3.30. The molecule has 25 heavy (non-hydrogen) atoms. The Balaban J connectivity index is 1.64. The van der Waals surface area contributed by atoms with Gasteiger partial charge in [0, 0.05) is 13.3 Å². The molecule has 1 saturated carbocycles. The second-order valence-electron chi connectivity index (χ2n) is 5.93. The van der Waals surface area contributed by atoms with Crippen LogP contribution in [0.25, 0.3) is 5.69 Å². The van der Waals surface area contributed by atoms with Crippen molar-refractivity contribution in [1.29, 1.82) is 0 Å². The Hall–Kier alpha value is -2.35. The molecule has 0 radical (unpaired) electrons. The Kier molecular flexibility index (Phi) is 4.80. The van der Waals surface area contributed by atoms with Crippen LogP contribution in [0.1, 0.15) is 28.8 Å². The summed E-state index contributed by atoms with van der Waals surface area (Å²) in [4.78, 5) is 12.1. The zero-order chi connectivity index (χ0) is 18.0. The summed E-state index contributed by atoms with van der Waals surface area (Å²) in [5, 5.41) is 4.00. The number of methoxy groups -OCH3 is 1. The molecule has 1 unspecified atom stereocenters. The van der Waals surface area contributed by atoms with Gasteiger partial charge in [0.25, 0.3) is 0 Å². The highest BCUT2D eigenvalue weighted by molar-refractivity contribution is 5.88. The Bertz CT molecular complexity index is 736. The summed E-state index contributed by atoms with van der Waals surface area (Å²) in [5.74, 6) is -0.103.